The lowest BCUT2D eigenvalue weighted by atomic mass is 9.89. The van der Waals surface area contributed by atoms with E-state index < -0.39 is 35.1 Å². The summed E-state index contributed by atoms with van der Waals surface area (Å²) in [6.07, 6.45) is -6.73. The molecule has 224 valence electrons. The van der Waals surface area contributed by atoms with Crippen LogP contribution in [0.4, 0.5) is 26.3 Å². The normalized spacial score (nSPS) is 14.6. The Bertz CT molecular complexity index is 1390. The Kier molecular flexibility index (Phi) is 9.37. The number of carbonyl (C=O) groups excluding carboxylic acids is 3. The number of Topliss-reactive ketones (excluding diaryl/α,β-unsaturated/α-hetero) is 1. The first-order valence-corrected chi connectivity index (χ1v) is 13.3. The summed E-state index contributed by atoms with van der Waals surface area (Å²) < 4.78 is 79.7. The third-order valence-corrected chi connectivity index (χ3v) is 7.08. The molecule has 0 bridgehead atoms. The molecule has 0 unspecified atom stereocenters. The number of piperidine rings is 1. The van der Waals surface area contributed by atoms with Crippen molar-refractivity contribution < 1.29 is 40.7 Å². The molecule has 0 radical (unpaired) electrons. The van der Waals surface area contributed by atoms with Gasteiger partial charge in [-0.1, -0.05) is 30.3 Å². The van der Waals surface area contributed by atoms with Crippen LogP contribution in [0, 0.1) is 5.92 Å². The number of alkyl halides is 6. The van der Waals surface area contributed by atoms with E-state index in [0.717, 1.165) is 23.0 Å². The van der Waals surface area contributed by atoms with Gasteiger partial charge in [-0.3, -0.25) is 14.4 Å². The van der Waals surface area contributed by atoms with Gasteiger partial charge in [-0.2, -0.15) is 31.4 Å². The lowest BCUT2D eigenvalue weighted by Gasteiger charge is -2.32. The largest absolute Gasteiger partial charge is 0.435 e. The van der Waals surface area contributed by atoms with Crippen LogP contribution < -0.4 is 5.32 Å². The smallest absolute Gasteiger partial charge is 0.352 e. The minimum absolute atomic E-state index is 0.0113. The number of nitrogens with zero attached hydrogens (tertiary/aromatic N) is 3. The number of benzene rings is 2. The molecule has 7 nitrogen and oxygen atoms in total. The molecular formula is C29H28F6N4O3. The first-order valence-electron chi connectivity index (χ1n) is 13.3. The average molecular weight is 595 g/mol. The van der Waals surface area contributed by atoms with Crippen LogP contribution in [0.15, 0.2) is 60.8 Å². The Balaban J connectivity index is 1.21. The Morgan fingerprint density at radius 1 is 0.881 bits per heavy atom. The molecule has 0 atom stereocenters. The van der Waals surface area contributed by atoms with Crippen molar-refractivity contribution in [3.8, 4) is 5.69 Å². The maximum atomic E-state index is 13.5. The van der Waals surface area contributed by atoms with E-state index in [1.165, 1.54) is 12.1 Å². The zero-order chi connectivity index (χ0) is 30.5. The molecule has 2 amide bonds. The van der Waals surface area contributed by atoms with E-state index in [9.17, 15) is 40.7 Å². The molecule has 3 aromatic rings. The van der Waals surface area contributed by atoms with Gasteiger partial charge in [0.15, 0.2) is 11.5 Å². The molecular weight excluding hydrogens is 566 g/mol. The summed E-state index contributed by atoms with van der Waals surface area (Å²) in [6.45, 7) is 0.796. The number of aromatic nitrogens is 2. The van der Waals surface area contributed by atoms with Gasteiger partial charge in [0.25, 0.3) is 5.91 Å². The molecule has 1 saturated heterocycles. The molecule has 1 fully saturated rings. The van der Waals surface area contributed by atoms with E-state index >= 15 is 0 Å². The number of nitrogens with one attached hydrogen (secondary N) is 1. The first kappa shape index (κ1) is 30.8. The predicted molar refractivity (Wildman–Crippen MR) is 140 cm³/mol. The molecule has 1 aliphatic heterocycles. The van der Waals surface area contributed by atoms with Crippen molar-refractivity contribution >= 4 is 17.6 Å². The highest BCUT2D eigenvalue weighted by molar-refractivity contribution is 5.96. The van der Waals surface area contributed by atoms with Crippen LogP contribution in [0.5, 0.6) is 0 Å². The van der Waals surface area contributed by atoms with Crippen molar-refractivity contribution in [1.82, 2.24) is 20.0 Å². The SMILES string of the molecule is O=C(CC1CCN(C(=O)CCCNC(=O)c2cn(-c3ccccc3)nc2C(F)(F)F)CC1)c1ccc(C(F)(F)F)cc1. The second-order valence-electron chi connectivity index (χ2n) is 10.1. The number of rotatable bonds is 9. The minimum Gasteiger partial charge on any atom is -0.352 e. The Morgan fingerprint density at radius 3 is 2.12 bits per heavy atom. The van der Waals surface area contributed by atoms with E-state index in [2.05, 4.69) is 10.4 Å². The van der Waals surface area contributed by atoms with Gasteiger partial charge in [0.2, 0.25) is 5.91 Å². The van der Waals surface area contributed by atoms with Gasteiger partial charge < -0.3 is 10.2 Å². The zero-order valence-electron chi connectivity index (χ0n) is 22.3. The van der Waals surface area contributed by atoms with Crippen LogP contribution in [-0.2, 0) is 17.1 Å². The van der Waals surface area contributed by atoms with Crippen molar-refractivity contribution in [2.45, 2.75) is 44.5 Å². The molecule has 13 heteroatoms. The number of halogens is 6. The van der Waals surface area contributed by atoms with Crippen molar-refractivity contribution in [2.24, 2.45) is 5.92 Å². The molecule has 2 heterocycles. The van der Waals surface area contributed by atoms with E-state index in [1.54, 1.807) is 35.2 Å². The first-order chi connectivity index (χ1) is 19.8. The van der Waals surface area contributed by atoms with E-state index in [1.807, 2.05) is 0 Å². The summed E-state index contributed by atoms with van der Waals surface area (Å²) >= 11 is 0. The number of amides is 2. The summed E-state index contributed by atoms with van der Waals surface area (Å²) in [5, 5.41) is 5.98. The number of hydrogen-bond acceptors (Lipinski definition) is 4. The van der Waals surface area contributed by atoms with Gasteiger partial charge in [0.1, 0.15) is 0 Å². The summed E-state index contributed by atoms with van der Waals surface area (Å²) in [5.74, 6) is -1.39. The topological polar surface area (TPSA) is 84.3 Å². The van der Waals surface area contributed by atoms with Crippen molar-refractivity contribution in [1.29, 1.82) is 0 Å². The van der Waals surface area contributed by atoms with Crippen LogP contribution >= 0.6 is 0 Å². The van der Waals surface area contributed by atoms with Crippen molar-refractivity contribution in [3.05, 3.63) is 83.2 Å². The van der Waals surface area contributed by atoms with Crippen LogP contribution in [0.1, 0.15) is 64.1 Å². The van der Waals surface area contributed by atoms with Crippen molar-refractivity contribution in [2.75, 3.05) is 19.6 Å². The zero-order valence-corrected chi connectivity index (χ0v) is 22.3. The minimum atomic E-state index is -4.84. The maximum absolute atomic E-state index is 13.5. The molecule has 1 aromatic heterocycles. The van der Waals surface area contributed by atoms with Crippen LogP contribution in [-0.4, -0.2) is 51.9 Å². The lowest BCUT2D eigenvalue weighted by molar-refractivity contribution is -0.141. The highest BCUT2D eigenvalue weighted by Gasteiger charge is 2.39. The third kappa shape index (κ3) is 7.77. The molecule has 1 aliphatic rings. The number of likely N-dealkylation sites (tertiary alicyclic amines) is 1. The number of carbonyl (C=O) groups is 3. The molecule has 0 spiro atoms. The van der Waals surface area contributed by atoms with Crippen LogP contribution in [0.2, 0.25) is 0 Å². The van der Waals surface area contributed by atoms with Crippen molar-refractivity contribution in [3.63, 3.8) is 0 Å². The van der Waals surface area contributed by atoms with Crippen LogP contribution in [0.3, 0.4) is 0 Å². The summed E-state index contributed by atoms with van der Waals surface area (Å²) in [6, 6.07) is 12.2. The Hall–Kier alpha value is -4.16. The van der Waals surface area contributed by atoms with Gasteiger partial charge >= 0.3 is 12.4 Å². The average Bonchev–Trinajstić information content (AvgIpc) is 3.42. The number of ketones is 1. The standard InChI is InChI=1S/C29H28F6N4O3/c30-28(31,32)21-10-8-20(9-11-21)24(40)17-19-12-15-38(16-13-19)25(41)7-4-14-36-27(42)23-18-39(22-5-2-1-3-6-22)37-26(23)29(33,34)35/h1-3,5-6,8-11,18-19H,4,7,12-17H2,(H,36,42). The highest BCUT2D eigenvalue weighted by Crippen LogP contribution is 2.32. The fraction of sp³-hybridized carbons (Fsp3) is 0.379. The molecule has 4 rings (SSSR count). The Morgan fingerprint density at radius 2 is 1.52 bits per heavy atom. The van der Waals surface area contributed by atoms with Gasteiger partial charge in [-0.05, 0) is 49.4 Å². The second-order valence-corrected chi connectivity index (χ2v) is 10.1. The highest BCUT2D eigenvalue weighted by atomic mass is 19.4. The number of hydrogen-bond donors (Lipinski definition) is 1. The molecule has 1 N–H and O–H groups in total. The summed E-state index contributed by atoms with van der Waals surface area (Å²) in [7, 11) is 0. The van der Waals surface area contributed by atoms with Gasteiger partial charge in [-0.15, -0.1) is 0 Å². The summed E-state index contributed by atoms with van der Waals surface area (Å²) in [5.41, 5.74) is -2.18. The predicted octanol–water partition coefficient (Wildman–Crippen LogP) is 5.93. The third-order valence-electron chi connectivity index (χ3n) is 7.08. The monoisotopic (exact) mass is 594 g/mol. The Labute approximate surface area is 237 Å². The molecule has 42 heavy (non-hydrogen) atoms. The second kappa shape index (κ2) is 12.8. The number of para-hydroxylation sites is 1. The van der Waals surface area contributed by atoms with E-state index in [-0.39, 0.29) is 49.0 Å². The fourth-order valence-corrected chi connectivity index (χ4v) is 4.77. The van der Waals surface area contributed by atoms with Gasteiger partial charge in [-0.25, -0.2) is 4.68 Å². The molecule has 0 saturated carbocycles. The maximum Gasteiger partial charge on any atom is 0.435 e. The van der Waals surface area contributed by atoms with Gasteiger partial charge in [0, 0.05) is 44.2 Å². The lowest BCUT2D eigenvalue weighted by Crippen LogP contribution is -2.39. The van der Waals surface area contributed by atoms with Crippen LogP contribution in [0.25, 0.3) is 5.69 Å². The van der Waals surface area contributed by atoms with E-state index in [4.69, 9.17) is 0 Å². The fourth-order valence-electron chi connectivity index (χ4n) is 4.77. The molecule has 0 aliphatic carbocycles. The molecule has 2 aromatic carbocycles. The van der Waals surface area contributed by atoms with Gasteiger partial charge in [0.05, 0.1) is 16.8 Å². The van der Waals surface area contributed by atoms with E-state index in [0.29, 0.717) is 31.6 Å². The quantitative estimate of drug-likeness (QED) is 0.189. The summed E-state index contributed by atoms with van der Waals surface area (Å²) in [4.78, 5) is 39.3.